The molecule has 2 aromatic heterocycles. The second-order valence-corrected chi connectivity index (χ2v) is 7.49. The standard InChI is InChI=1S/C22H19F3N2O4S/c1-2-30-20(28)10-4-14-3-9-18(26-12-14)21(29)27-19-11-16(13-32-19)15-5-7-17(8-6-15)31-22(23,24)25/h3,5-9,11-13H,2,4,10H2,1H3,(H,27,29). The van der Waals surface area contributed by atoms with Crippen molar-refractivity contribution in [3.8, 4) is 16.9 Å². The molecule has 0 atom stereocenters. The van der Waals surface area contributed by atoms with Gasteiger partial charge in [-0.3, -0.25) is 14.6 Å². The summed E-state index contributed by atoms with van der Waals surface area (Å²) in [4.78, 5) is 28.0. The molecule has 0 unspecified atom stereocenters. The van der Waals surface area contributed by atoms with E-state index in [0.717, 1.165) is 11.1 Å². The van der Waals surface area contributed by atoms with Gasteiger partial charge in [-0.2, -0.15) is 0 Å². The number of aryl methyl sites for hydroxylation is 1. The molecule has 2 heterocycles. The van der Waals surface area contributed by atoms with Crippen LogP contribution in [0.3, 0.4) is 0 Å². The van der Waals surface area contributed by atoms with Crippen molar-refractivity contribution in [2.24, 2.45) is 0 Å². The summed E-state index contributed by atoms with van der Waals surface area (Å²) < 4.78 is 45.5. The summed E-state index contributed by atoms with van der Waals surface area (Å²) in [7, 11) is 0. The minimum atomic E-state index is -4.74. The topological polar surface area (TPSA) is 77.5 Å². The maximum Gasteiger partial charge on any atom is 0.573 e. The smallest absolute Gasteiger partial charge is 0.466 e. The van der Waals surface area contributed by atoms with Crippen LogP contribution in [0.4, 0.5) is 18.2 Å². The van der Waals surface area contributed by atoms with Crippen LogP contribution < -0.4 is 10.1 Å². The van der Waals surface area contributed by atoms with Gasteiger partial charge >= 0.3 is 12.3 Å². The van der Waals surface area contributed by atoms with E-state index in [4.69, 9.17) is 4.74 Å². The van der Waals surface area contributed by atoms with Crippen molar-refractivity contribution in [2.75, 3.05) is 11.9 Å². The zero-order valence-corrected chi connectivity index (χ0v) is 17.8. The van der Waals surface area contributed by atoms with Gasteiger partial charge in [0.1, 0.15) is 11.4 Å². The van der Waals surface area contributed by atoms with Crippen LogP contribution in [0.2, 0.25) is 0 Å². The van der Waals surface area contributed by atoms with Gasteiger partial charge in [0.25, 0.3) is 5.91 Å². The Balaban J connectivity index is 1.58. The zero-order valence-electron chi connectivity index (χ0n) is 16.9. The average molecular weight is 464 g/mol. The lowest BCUT2D eigenvalue weighted by Crippen LogP contribution is -2.16. The van der Waals surface area contributed by atoms with Crippen molar-refractivity contribution in [1.82, 2.24) is 4.98 Å². The molecule has 1 aromatic carbocycles. The number of anilines is 1. The molecule has 168 valence electrons. The van der Waals surface area contributed by atoms with Gasteiger partial charge in [0.15, 0.2) is 0 Å². The molecule has 1 N–H and O–H groups in total. The van der Waals surface area contributed by atoms with Gasteiger partial charge in [-0.05, 0) is 54.3 Å². The molecule has 0 saturated heterocycles. The van der Waals surface area contributed by atoms with E-state index in [1.54, 1.807) is 36.7 Å². The Hall–Kier alpha value is -3.40. The number of benzene rings is 1. The van der Waals surface area contributed by atoms with Crippen LogP contribution >= 0.6 is 11.3 Å². The van der Waals surface area contributed by atoms with Crippen LogP contribution in [-0.2, 0) is 16.0 Å². The van der Waals surface area contributed by atoms with E-state index in [0.29, 0.717) is 23.6 Å². The second-order valence-electron chi connectivity index (χ2n) is 6.58. The Morgan fingerprint density at radius 2 is 1.84 bits per heavy atom. The van der Waals surface area contributed by atoms with Crippen molar-refractivity contribution in [1.29, 1.82) is 0 Å². The van der Waals surface area contributed by atoms with E-state index in [1.807, 2.05) is 0 Å². The number of carbonyl (C=O) groups excluding carboxylic acids is 2. The highest BCUT2D eigenvalue weighted by atomic mass is 32.1. The Morgan fingerprint density at radius 3 is 2.47 bits per heavy atom. The van der Waals surface area contributed by atoms with Gasteiger partial charge in [0, 0.05) is 18.0 Å². The quantitative estimate of drug-likeness (QED) is 0.448. The molecule has 0 aliphatic carbocycles. The molecule has 1 amide bonds. The van der Waals surface area contributed by atoms with Gasteiger partial charge in [0.2, 0.25) is 0 Å². The molecule has 6 nitrogen and oxygen atoms in total. The third-order valence-electron chi connectivity index (χ3n) is 4.24. The van der Waals surface area contributed by atoms with Crippen LogP contribution in [0.5, 0.6) is 5.75 Å². The van der Waals surface area contributed by atoms with E-state index in [2.05, 4.69) is 15.0 Å². The maximum absolute atomic E-state index is 12.4. The molecule has 0 aliphatic rings. The third kappa shape index (κ3) is 6.81. The number of esters is 1. The molecule has 3 aromatic rings. The molecule has 0 radical (unpaired) electrons. The van der Waals surface area contributed by atoms with E-state index < -0.39 is 12.3 Å². The number of nitrogens with one attached hydrogen (secondary N) is 1. The molecule has 0 saturated carbocycles. The van der Waals surface area contributed by atoms with Gasteiger partial charge in [-0.25, -0.2) is 0 Å². The first-order chi connectivity index (χ1) is 15.2. The van der Waals surface area contributed by atoms with Crippen LogP contribution in [0.25, 0.3) is 11.1 Å². The normalized spacial score (nSPS) is 11.1. The molecular weight excluding hydrogens is 445 g/mol. The van der Waals surface area contributed by atoms with E-state index in [1.165, 1.54) is 35.6 Å². The number of alkyl halides is 3. The predicted molar refractivity (Wildman–Crippen MR) is 114 cm³/mol. The third-order valence-corrected chi connectivity index (χ3v) is 5.08. The first-order valence-corrected chi connectivity index (χ1v) is 10.5. The predicted octanol–water partition coefficient (Wildman–Crippen LogP) is 5.46. The summed E-state index contributed by atoms with van der Waals surface area (Å²) in [5.41, 5.74) is 2.45. The highest BCUT2D eigenvalue weighted by Crippen LogP contribution is 2.31. The van der Waals surface area contributed by atoms with Crippen molar-refractivity contribution < 1.29 is 32.2 Å². The summed E-state index contributed by atoms with van der Waals surface area (Å²) in [6, 6.07) is 10.5. The highest BCUT2D eigenvalue weighted by molar-refractivity contribution is 7.14. The van der Waals surface area contributed by atoms with Crippen LogP contribution in [0, 0.1) is 0 Å². The van der Waals surface area contributed by atoms with Gasteiger partial charge < -0.3 is 14.8 Å². The average Bonchev–Trinajstić information content (AvgIpc) is 3.20. The fourth-order valence-electron chi connectivity index (χ4n) is 2.76. The summed E-state index contributed by atoms with van der Waals surface area (Å²) in [5.74, 6) is -0.989. The summed E-state index contributed by atoms with van der Waals surface area (Å²) >= 11 is 1.28. The number of thiophene rings is 1. The molecule has 0 aliphatic heterocycles. The van der Waals surface area contributed by atoms with Crippen LogP contribution in [-0.4, -0.2) is 29.8 Å². The van der Waals surface area contributed by atoms with Crippen molar-refractivity contribution in [2.45, 2.75) is 26.1 Å². The van der Waals surface area contributed by atoms with Crippen LogP contribution in [0.15, 0.2) is 54.0 Å². The monoisotopic (exact) mass is 464 g/mol. The molecule has 0 bridgehead atoms. The number of amides is 1. The number of hydrogen-bond acceptors (Lipinski definition) is 6. The number of pyridine rings is 1. The lowest BCUT2D eigenvalue weighted by Gasteiger charge is -2.08. The SMILES string of the molecule is CCOC(=O)CCc1ccc(C(=O)Nc2cc(-c3ccc(OC(F)(F)F)cc3)cs2)nc1. The summed E-state index contributed by atoms with van der Waals surface area (Å²) in [5, 5.41) is 5.09. The number of ether oxygens (including phenoxy) is 2. The van der Waals surface area contributed by atoms with Gasteiger partial charge in [-0.15, -0.1) is 24.5 Å². The molecule has 32 heavy (non-hydrogen) atoms. The largest absolute Gasteiger partial charge is 0.573 e. The second kappa shape index (κ2) is 10.3. The van der Waals surface area contributed by atoms with E-state index in [-0.39, 0.29) is 23.8 Å². The number of carbonyl (C=O) groups is 2. The van der Waals surface area contributed by atoms with Crippen molar-refractivity contribution >= 4 is 28.2 Å². The molecular formula is C22H19F3N2O4S. The molecule has 0 fully saturated rings. The van der Waals surface area contributed by atoms with Crippen molar-refractivity contribution in [3.63, 3.8) is 0 Å². The van der Waals surface area contributed by atoms with E-state index in [9.17, 15) is 22.8 Å². The highest BCUT2D eigenvalue weighted by Gasteiger charge is 2.31. The Bertz CT molecular complexity index is 1060. The van der Waals surface area contributed by atoms with Crippen molar-refractivity contribution in [3.05, 3.63) is 65.3 Å². The van der Waals surface area contributed by atoms with Gasteiger partial charge in [0.05, 0.1) is 11.6 Å². The molecule has 10 heteroatoms. The minimum absolute atomic E-state index is 0.216. The zero-order chi connectivity index (χ0) is 23.1. The molecule has 0 spiro atoms. The number of hydrogen-bond donors (Lipinski definition) is 1. The summed E-state index contributed by atoms with van der Waals surface area (Å²) in [6.45, 7) is 2.07. The maximum atomic E-state index is 12.4. The molecule has 3 rings (SSSR count). The number of aromatic nitrogens is 1. The fourth-order valence-corrected chi connectivity index (χ4v) is 3.57. The van der Waals surface area contributed by atoms with Crippen LogP contribution in [0.1, 0.15) is 29.4 Å². The fraction of sp³-hybridized carbons (Fsp3) is 0.227. The minimum Gasteiger partial charge on any atom is -0.466 e. The van der Waals surface area contributed by atoms with E-state index >= 15 is 0 Å². The Kier molecular flexibility index (Phi) is 7.47. The lowest BCUT2D eigenvalue weighted by molar-refractivity contribution is -0.274. The number of nitrogens with zero attached hydrogens (tertiary/aromatic N) is 1. The Morgan fingerprint density at radius 1 is 1.09 bits per heavy atom. The number of rotatable bonds is 8. The lowest BCUT2D eigenvalue weighted by atomic mass is 10.1. The summed E-state index contributed by atoms with van der Waals surface area (Å²) in [6.07, 6.45) is -2.50. The first kappa shape index (κ1) is 23.3. The number of halogens is 3. The van der Waals surface area contributed by atoms with Gasteiger partial charge in [-0.1, -0.05) is 18.2 Å². The Labute approximate surface area is 186 Å². The first-order valence-electron chi connectivity index (χ1n) is 9.60.